The van der Waals surface area contributed by atoms with Gasteiger partial charge in [-0.15, -0.1) is 0 Å². The first-order chi connectivity index (χ1) is 10.4. The van der Waals surface area contributed by atoms with Crippen molar-refractivity contribution in [3.8, 4) is 0 Å². The third-order valence-electron chi connectivity index (χ3n) is 3.14. The lowest BCUT2D eigenvalue weighted by Crippen LogP contribution is -2.53. The fraction of sp³-hybridized carbons (Fsp3) is 0.438. The van der Waals surface area contributed by atoms with Crippen LogP contribution in [0.5, 0.6) is 0 Å². The van der Waals surface area contributed by atoms with Gasteiger partial charge in [-0.3, -0.25) is 4.79 Å². The van der Waals surface area contributed by atoms with Crippen molar-refractivity contribution in [2.75, 3.05) is 0 Å². The van der Waals surface area contributed by atoms with Gasteiger partial charge in [0.05, 0.1) is 0 Å². The van der Waals surface area contributed by atoms with E-state index in [-0.39, 0.29) is 25.2 Å². The highest BCUT2D eigenvalue weighted by molar-refractivity contribution is 5.91. The molecule has 0 saturated carbocycles. The quantitative estimate of drug-likeness (QED) is 0.770. The number of carbonyl (C=O) groups excluding carboxylic acids is 2. The number of carboxylic acids is 1. The molecule has 1 atom stereocenters. The summed E-state index contributed by atoms with van der Waals surface area (Å²) in [5.41, 5.74) is -0.878. The standard InChI is InChI=1S/C16H21NO5/c1-3-7-13(18)10-16(2,14(19)20)17-15(21)22-11-12-8-5-4-6-9-12/h4-6,8-9H,3,7,10-11H2,1-2H3,(H,17,21)(H,19,20)/t16-/m0/s1. The van der Waals surface area contributed by atoms with Crippen molar-refractivity contribution in [2.24, 2.45) is 0 Å². The molecule has 6 heteroatoms. The number of alkyl carbamates (subject to hydrolysis) is 1. The molecular formula is C16H21NO5. The summed E-state index contributed by atoms with van der Waals surface area (Å²) in [4.78, 5) is 34.8. The molecule has 0 unspecified atom stereocenters. The van der Waals surface area contributed by atoms with Crippen LogP contribution in [0.25, 0.3) is 0 Å². The van der Waals surface area contributed by atoms with Crippen LogP contribution in [-0.4, -0.2) is 28.5 Å². The summed E-state index contributed by atoms with van der Waals surface area (Å²) in [6.45, 7) is 3.16. The molecule has 0 saturated heterocycles. The van der Waals surface area contributed by atoms with Crippen LogP contribution in [-0.2, 0) is 20.9 Å². The van der Waals surface area contributed by atoms with Crippen LogP contribution >= 0.6 is 0 Å². The van der Waals surface area contributed by atoms with E-state index < -0.39 is 17.6 Å². The molecule has 0 heterocycles. The Hall–Kier alpha value is -2.37. The van der Waals surface area contributed by atoms with Crippen molar-refractivity contribution in [3.63, 3.8) is 0 Å². The van der Waals surface area contributed by atoms with Crippen LogP contribution in [0.3, 0.4) is 0 Å². The van der Waals surface area contributed by atoms with Crippen LogP contribution in [0.4, 0.5) is 4.79 Å². The van der Waals surface area contributed by atoms with E-state index in [9.17, 15) is 19.5 Å². The number of carbonyl (C=O) groups is 3. The lowest BCUT2D eigenvalue weighted by molar-refractivity contribution is -0.146. The third-order valence-corrected chi connectivity index (χ3v) is 3.14. The maximum Gasteiger partial charge on any atom is 0.408 e. The van der Waals surface area contributed by atoms with Crippen molar-refractivity contribution in [1.82, 2.24) is 5.32 Å². The highest BCUT2D eigenvalue weighted by Gasteiger charge is 2.37. The summed E-state index contributed by atoms with van der Waals surface area (Å²) in [6.07, 6.45) is -0.217. The first kappa shape index (κ1) is 17.7. The van der Waals surface area contributed by atoms with Gasteiger partial charge in [-0.05, 0) is 18.9 Å². The Morgan fingerprint density at radius 3 is 2.41 bits per heavy atom. The second-order valence-corrected chi connectivity index (χ2v) is 5.29. The lowest BCUT2D eigenvalue weighted by atomic mass is 9.94. The number of Topliss-reactive ketones (excluding diaryl/α,β-unsaturated/α-hetero) is 1. The predicted octanol–water partition coefficient (Wildman–Crippen LogP) is 2.52. The number of hydrogen-bond acceptors (Lipinski definition) is 4. The topological polar surface area (TPSA) is 92.7 Å². The molecule has 0 bridgehead atoms. The Kier molecular flexibility index (Phi) is 6.56. The Labute approximate surface area is 129 Å². The zero-order chi connectivity index (χ0) is 16.6. The predicted molar refractivity (Wildman–Crippen MR) is 80.3 cm³/mol. The average Bonchev–Trinajstić information content (AvgIpc) is 2.46. The molecule has 0 aliphatic rings. The van der Waals surface area contributed by atoms with Crippen molar-refractivity contribution >= 4 is 17.8 Å². The van der Waals surface area contributed by atoms with Crippen LogP contribution in [0.1, 0.15) is 38.7 Å². The Balaban J connectivity index is 2.60. The molecule has 1 aromatic rings. The first-order valence-electron chi connectivity index (χ1n) is 7.11. The molecular weight excluding hydrogens is 286 g/mol. The number of ketones is 1. The number of ether oxygens (including phenoxy) is 1. The van der Waals surface area contributed by atoms with Gasteiger partial charge in [0.1, 0.15) is 17.9 Å². The molecule has 2 N–H and O–H groups in total. The molecule has 6 nitrogen and oxygen atoms in total. The van der Waals surface area contributed by atoms with E-state index in [2.05, 4.69) is 5.32 Å². The molecule has 0 aliphatic heterocycles. The van der Waals surface area contributed by atoms with Gasteiger partial charge < -0.3 is 15.2 Å². The Morgan fingerprint density at radius 2 is 1.86 bits per heavy atom. The number of nitrogens with one attached hydrogen (secondary N) is 1. The van der Waals surface area contributed by atoms with Crippen molar-refractivity contribution in [2.45, 2.75) is 45.3 Å². The first-order valence-corrected chi connectivity index (χ1v) is 7.11. The maximum atomic E-state index is 11.8. The SMILES string of the molecule is CCCC(=O)C[C@](C)(NC(=O)OCc1ccccc1)C(=O)O. The molecule has 0 aliphatic carbocycles. The lowest BCUT2D eigenvalue weighted by Gasteiger charge is -2.25. The van der Waals surface area contributed by atoms with Crippen LogP contribution < -0.4 is 5.32 Å². The molecule has 120 valence electrons. The number of aliphatic carboxylic acids is 1. The van der Waals surface area contributed by atoms with E-state index in [1.807, 2.05) is 13.0 Å². The smallest absolute Gasteiger partial charge is 0.408 e. The summed E-state index contributed by atoms with van der Waals surface area (Å²) < 4.78 is 4.99. The number of amides is 1. The minimum atomic E-state index is -1.67. The molecule has 0 fully saturated rings. The highest BCUT2D eigenvalue weighted by atomic mass is 16.5. The van der Waals surface area contributed by atoms with Crippen molar-refractivity contribution in [3.05, 3.63) is 35.9 Å². The zero-order valence-corrected chi connectivity index (χ0v) is 12.8. The van der Waals surface area contributed by atoms with E-state index in [4.69, 9.17) is 4.74 Å². The molecule has 1 amide bonds. The van der Waals surface area contributed by atoms with Gasteiger partial charge in [0.25, 0.3) is 0 Å². The van der Waals surface area contributed by atoms with E-state index in [1.54, 1.807) is 24.3 Å². The largest absolute Gasteiger partial charge is 0.480 e. The van der Waals surface area contributed by atoms with Gasteiger partial charge in [0, 0.05) is 12.8 Å². The van der Waals surface area contributed by atoms with Gasteiger partial charge in [-0.2, -0.15) is 0 Å². The van der Waals surface area contributed by atoms with E-state index >= 15 is 0 Å². The number of hydrogen-bond donors (Lipinski definition) is 2. The van der Waals surface area contributed by atoms with Crippen LogP contribution in [0.15, 0.2) is 30.3 Å². The van der Waals surface area contributed by atoms with Gasteiger partial charge in [0.2, 0.25) is 0 Å². The monoisotopic (exact) mass is 307 g/mol. The minimum absolute atomic E-state index is 0.0330. The Morgan fingerprint density at radius 1 is 1.23 bits per heavy atom. The van der Waals surface area contributed by atoms with Gasteiger partial charge in [-0.1, -0.05) is 37.3 Å². The number of carboxylic acid groups (broad SMARTS) is 1. The fourth-order valence-corrected chi connectivity index (χ4v) is 1.92. The summed E-state index contributed by atoms with van der Waals surface area (Å²) in [6, 6.07) is 9.02. The van der Waals surface area contributed by atoms with E-state index in [0.29, 0.717) is 6.42 Å². The number of benzene rings is 1. The van der Waals surface area contributed by atoms with Gasteiger partial charge in [0.15, 0.2) is 0 Å². The van der Waals surface area contributed by atoms with Crippen LogP contribution in [0.2, 0.25) is 0 Å². The molecule has 0 aromatic heterocycles. The van der Waals surface area contributed by atoms with E-state index in [1.165, 1.54) is 6.92 Å². The van der Waals surface area contributed by atoms with Crippen molar-refractivity contribution < 1.29 is 24.2 Å². The highest BCUT2D eigenvalue weighted by Crippen LogP contribution is 2.14. The fourth-order valence-electron chi connectivity index (χ4n) is 1.92. The van der Waals surface area contributed by atoms with Gasteiger partial charge >= 0.3 is 12.1 Å². The zero-order valence-electron chi connectivity index (χ0n) is 12.8. The van der Waals surface area contributed by atoms with Crippen LogP contribution in [0, 0.1) is 0 Å². The van der Waals surface area contributed by atoms with Gasteiger partial charge in [-0.25, -0.2) is 9.59 Å². The number of rotatable bonds is 8. The molecule has 1 aromatic carbocycles. The van der Waals surface area contributed by atoms with Crippen molar-refractivity contribution in [1.29, 1.82) is 0 Å². The average molecular weight is 307 g/mol. The van der Waals surface area contributed by atoms with E-state index in [0.717, 1.165) is 5.56 Å². The second-order valence-electron chi connectivity index (χ2n) is 5.29. The summed E-state index contributed by atoms with van der Waals surface area (Å²) in [7, 11) is 0. The normalized spacial score (nSPS) is 13.0. The molecule has 0 radical (unpaired) electrons. The third kappa shape index (κ3) is 5.55. The molecule has 22 heavy (non-hydrogen) atoms. The Bertz CT molecular complexity index is 529. The molecule has 0 spiro atoms. The minimum Gasteiger partial charge on any atom is -0.480 e. The molecule has 1 rings (SSSR count). The summed E-state index contributed by atoms with van der Waals surface area (Å²) in [5, 5.41) is 11.5. The second kappa shape index (κ2) is 8.17. The summed E-state index contributed by atoms with van der Waals surface area (Å²) >= 11 is 0. The summed E-state index contributed by atoms with van der Waals surface area (Å²) in [5.74, 6) is -1.48. The maximum absolute atomic E-state index is 11.8.